The monoisotopic (exact) mass is 293 g/mol. The first-order valence-electron chi connectivity index (χ1n) is 7.76. The number of fused-ring (bicyclic) bond motifs is 1. The highest BCUT2D eigenvalue weighted by Gasteiger charge is 2.19. The van der Waals surface area contributed by atoms with Crippen LogP contribution in [0.5, 0.6) is 0 Å². The number of aromatic nitrogens is 1. The van der Waals surface area contributed by atoms with Gasteiger partial charge < -0.3 is 9.88 Å². The zero-order valence-corrected chi connectivity index (χ0v) is 12.7. The van der Waals surface area contributed by atoms with Crippen LogP contribution in [0.1, 0.15) is 46.9 Å². The van der Waals surface area contributed by atoms with Gasteiger partial charge in [-0.3, -0.25) is 4.79 Å². The van der Waals surface area contributed by atoms with Crippen molar-refractivity contribution < 1.29 is 4.79 Å². The minimum absolute atomic E-state index is 0.191. The van der Waals surface area contributed by atoms with Gasteiger partial charge in [-0.15, -0.1) is 0 Å². The molecule has 1 aromatic heterocycles. The quantitative estimate of drug-likeness (QED) is 0.942. The zero-order chi connectivity index (χ0) is 15.5. The zero-order valence-electron chi connectivity index (χ0n) is 12.7. The molecular formula is C18H19N3O. The summed E-state index contributed by atoms with van der Waals surface area (Å²) in [4.78, 5) is 12.4. The first kappa shape index (κ1) is 14.4. The van der Waals surface area contributed by atoms with Crippen LogP contribution in [0, 0.1) is 11.3 Å². The van der Waals surface area contributed by atoms with Crippen LogP contribution in [0.3, 0.4) is 0 Å². The number of nitrogens with one attached hydrogen (secondary N) is 1. The molecule has 0 bridgehead atoms. The molecule has 22 heavy (non-hydrogen) atoms. The molecule has 4 heteroatoms. The summed E-state index contributed by atoms with van der Waals surface area (Å²) in [5.41, 5.74) is 4.53. The minimum atomic E-state index is -0.191. The van der Waals surface area contributed by atoms with Gasteiger partial charge in [0.1, 0.15) is 11.8 Å². The Morgan fingerprint density at radius 1 is 1.32 bits per heavy atom. The van der Waals surface area contributed by atoms with Gasteiger partial charge in [-0.1, -0.05) is 13.0 Å². The second kappa shape index (κ2) is 6.07. The van der Waals surface area contributed by atoms with E-state index in [4.69, 9.17) is 0 Å². The van der Waals surface area contributed by atoms with Gasteiger partial charge in [-0.25, -0.2) is 0 Å². The van der Waals surface area contributed by atoms with Crippen LogP contribution in [-0.4, -0.2) is 17.0 Å². The number of aryl methyl sites for hydroxylation is 2. The molecule has 0 unspecified atom stereocenters. The summed E-state index contributed by atoms with van der Waals surface area (Å²) in [6.07, 6.45) is 6.09. The van der Waals surface area contributed by atoms with Crippen molar-refractivity contribution in [3.05, 3.63) is 52.8 Å². The number of amides is 1. The van der Waals surface area contributed by atoms with Crippen molar-refractivity contribution in [2.75, 3.05) is 6.54 Å². The fourth-order valence-corrected chi connectivity index (χ4v) is 3.00. The highest BCUT2D eigenvalue weighted by molar-refractivity contribution is 5.95. The van der Waals surface area contributed by atoms with Crippen LogP contribution in [0.2, 0.25) is 0 Å². The number of hydrogen-bond acceptors (Lipinski definition) is 2. The fraction of sp³-hybridized carbons (Fsp3) is 0.333. The van der Waals surface area contributed by atoms with Gasteiger partial charge in [0, 0.05) is 18.4 Å². The molecular weight excluding hydrogens is 274 g/mol. The van der Waals surface area contributed by atoms with E-state index in [0.717, 1.165) is 24.9 Å². The Hall–Kier alpha value is -2.54. The average molecular weight is 293 g/mol. The lowest BCUT2D eigenvalue weighted by Crippen LogP contribution is -2.27. The van der Waals surface area contributed by atoms with Crippen molar-refractivity contribution in [1.82, 2.24) is 9.88 Å². The molecule has 0 atom stereocenters. The molecule has 1 N–H and O–H groups in total. The SMILES string of the molecule is CCCNC(=O)c1c(C#N)ccn1-c1ccc2c(c1)CCC2. The van der Waals surface area contributed by atoms with Gasteiger partial charge >= 0.3 is 0 Å². The highest BCUT2D eigenvalue weighted by Crippen LogP contribution is 2.26. The first-order chi connectivity index (χ1) is 10.7. The third-order valence-corrected chi connectivity index (χ3v) is 4.12. The number of carbonyl (C=O) groups excluding carboxylic acids is 1. The Morgan fingerprint density at radius 2 is 2.14 bits per heavy atom. The molecule has 3 rings (SSSR count). The summed E-state index contributed by atoms with van der Waals surface area (Å²) in [5.74, 6) is -0.191. The first-order valence-corrected chi connectivity index (χ1v) is 7.76. The van der Waals surface area contributed by atoms with E-state index in [2.05, 4.69) is 23.5 Å². The molecule has 1 aliphatic carbocycles. The number of hydrogen-bond donors (Lipinski definition) is 1. The molecule has 0 fully saturated rings. The van der Waals surface area contributed by atoms with Gasteiger partial charge in [0.2, 0.25) is 0 Å². The van der Waals surface area contributed by atoms with E-state index >= 15 is 0 Å². The van der Waals surface area contributed by atoms with E-state index in [1.54, 1.807) is 12.3 Å². The molecule has 112 valence electrons. The summed E-state index contributed by atoms with van der Waals surface area (Å²) >= 11 is 0. The molecule has 1 aromatic carbocycles. The van der Waals surface area contributed by atoms with E-state index in [9.17, 15) is 10.1 Å². The van der Waals surface area contributed by atoms with E-state index in [-0.39, 0.29) is 5.91 Å². The van der Waals surface area contributed by atoms with Crippen molar-refractivity contribution in [2.45, 2.75) is 32.6 Å². The van der Waals surface area contributed by atoms with Crippen molar-refractivity contribution >= 4 is 5.91 Å². The van der Waals surface area contributed by atoms with Crippen LogP contribution in [0.4, 0.5) is 0 Å². The molecule has 0 radical (unpaired) electrons. The molecule has 0 saturated carbocycles. The standard InChI is InChI=1S/C18H19N3O/c1-2-9-20-18(22)17-15(12-19)8-10-21(17)16-7-6-13-4-3-5-14(13)11-16/h6-8,10-11H,2-5,9H2,1H3,(H,20,22). The van der Waals surface area contributed by atoms with Crippen LogP contribution in [0.15, 0.2) is 30.5 Å². The summed E-state index contributed by atoms with van der Waals surface area (Å²) in [6.45, 7) is 2.62. The lowest BCUT2D eigenvalue weighted by Gasteiger charge is -2.11. The Morgan fingerprint density at radius 3 is 2.91 bits per heavy atom. The third kappa shape index (κ3) is 2.50. The predicted molar refractivity (Wildman–Crippen MR) is 85.1 cm³/mol. The Kier molecular flexibility index (Phi) is 3.97. The molecule has 1 amide bonds. The highest BCUT2D eigenvalue weighted by atomic mass is 16.1. The molecule has 1 heterocycles. The Bertz CT molecular complexity index is 752. The minimum Gasteiger partial charge on any atom is -0.351 e. The van der Waals surface area contributed by atoms with Gasteiger partial charge in [-0.2, -0.15) is 5.26 Å². The maximum Gasteiger partial charge on any atom is 0.269 e. The van der Waals surface area contributed by atoms with Crippen LogP contribution < -0.4 is 5.32 Å². The molecule has 2 aromatic rings. The number of nitriles is 1. The van der Waals surface area contributed by atoms with E-state index in [1.165, 1.54) is 17.5 Å². The summed E-state index contributed by atoms with van der Waals surface area (Å²) in [6, 6.07) is 10.1. The molecule has 0 spiro atoms. The van der Waals surface area contributed by atoms with E-state index < -0.39 is 0 Å². The van der Waals surface area contributed by atoms with Crippen molar-refractivity contribution in [1.29, 1.82) is 5.26 Å². The second-order valence-corrected chi connectivity index (χ2v) is 5.62. The van der Waals surface area contributed by atoms with Crippen molar-refractivity contribution in [2.24, 2.45) is 0 Å². The molecule has 1 aliphatic rings. The topological polar surface area (TPSA) is 57.8 Å². The predicted octanol–water partition coefficient (Wildman–Crippen LogP) is 2.98. The van der Waals surface area contributed by atoms with Crippen molar-refractivity contribution in [3.63, 3.8) is 0 Å². The number of benzene rings is 1. The fourth-order valence-electron chi connectivity index (χ4n) is 3.00. The lowest BCUT2D eigenvalue weighted by atomic mass is 10.1. The maximum absolute atomic E-state index is 12.4. The van der Waals surface area contributed by atoms with E-state index in [0.29, 0.717) is 17.8 Å². The van der Waals surface area contributed by atoms with Gasteiger partial charge in [0.15, 0.2) is 0 Å². The molecule has 0 aliphatic heterocycles. The number of carbonyl (C=O) groups is 1. The Labute approximate surface area is 130 Å². The summed E-state index contributed by atoms with van der Waals surface area (Å²) in [7, 11) is 0. The number of rotatable bonds is 4. The molecule has 0 saturated heterocycles. The van der Waals surface area contributed by atoms with Crippen LogP contribution >= 0.6 is 0 Å². The van der Waals surface area contributed by atoms with Crippen LogP contribution in [-0.2, 0) is 12.8 Å². The normalized spacial score (nSPS) is 12.7. The van der Waals surface area contributed by atoms with Gasteiger partial charge in [0.05, 0.1) is 5.56 Å². The average Bonchev–Trinajstić information content (AvgIpc) is 3.17. The third-order valence-electron chi connectivity index (χ3n) is 4.12. The number of nitrogens with zero attached hydrogens (tertiary/aromatic N) is 2. The second-order valence-electron chi connectivity index (χ2n) is 5.62. The summed E-state index contributed by atoms with van der Waals surface area (Å²) in [5, 5.41) is 12.1. The van der Waals surface area contributed by atoms with Gasteiger partial charge in [-0.05, 0) is 55.0 Å². The van der Waals surface area contributed by atoms with Crippen molar-refractivity contribution in [3.8, 4) is 11.8 Å². The molecule has 4 nitrogen and oxygen atoms in total. The van der Waals surface area contributed by atoms with Crippen LogP contribution in [0.25, 0.3) is 5.69 Å². The maximum atomic E-state index is 12.4. The van der Waals surface area contributed by atoms with Gasteiger partial charge in [0.25, 0.3) is 5.91 Å². The smallest absolute Gasteiger partial charge is 0.269 e. The van der Waals surface area contributed by atoms with E-state index in [1.807, 2.05) is 17.6 Å². The summed E-state index contributed by atoms with van der Waals surface area (Å²) < 4.78 is 1.82. The lowest BCUT2D eigenvalue weighted by molar-refractivity contribution is 0.0946. The largest absolute Gasteiger partial charge is 0.351 e. The Balaban J connectivity index is 2.02.